The molecule has 0 saturated heterocycles. The molecule has 1 aromatic rings. The molecule has 0 bridgehead atoms. The van der Waals surface area contributed by atoms with Crippen LogP contribution in [-0.2, 0) is 6.54 Å². The minimum absolute atomic E-state index is 0.831. The standard InChI is InChI=1S/C11H17BrN2O/c1-13-5-6-14-8-9-3-4-10(12)7-11(9)15-2/h3-4,7,13-14H,5-6,8H2,1-2H3. The third kappa shape index (κ3) is 4.20. The van der Waals surface area contributed by atoms with E-state index >= 15 is 0 Å². The summed E-state index contributed by atoms with van der Waals surface area (Å²) in [4.78, 5) is 0. The van der Waals surface area contributed by atoms with E-state index in [1.54, 1.807) is 7.11 Å². The Bertz CT molecular complexity index is 305. The Labute approximate surface area is 99.3 Å². The van der Waals surface area contributed by atoms with Crippen LogP contribution in [0.4, 0.5) is 0 Å². The molecular formula is C11H17BrN2O. The monoisotopic (exact) mass is 272 g/mol. The highest BCUT2D eigenvalue weighted by molar-refractivity contribution is 9.10. The van der Waals surface area contributed by atoms with Crippen LogP contribution in [0.5, 0.6) is 5.75 Å². The summed E-state index contributed by atoms with van der Waals surface area (Å²) in [5.74, 6) is 0.918. The van der Waals surface area contributed by atoms with Crippen LogP contribution in [-0.4, -0.2) is 27.2 Å². The largest absolute Gasteiger partial charge is 0.496 e. The first-order valence-electron chi connectivity index (χ1n) is 4.95. The van der Waals surface area contributed by atoms with Gasteiger partial charge in [0.05, 0.1) is 7.11 Å². The normalized spacial score (nSPS) is 10.3. The van der Waals surface area contributed by atoms with Gasteiger partial charge in [-0.1, -0.05) is 22.0 Å². The predicted octanol–water partition coefficient (Wildman–Crippen LogP) is 1.77. The van der Waals surface area contributed by atoms with E-state index in [2.05, 4.69) is 32.6 Å². The van der Waals surface area contributed by atoms with Crippen molar-refractivity contribution in [3.05, 3.63) is 28.2 Å². The van der Waals surface area contributed by atoms with Crippen molar-refractivity contribution < 1.29 is 4.74 Å². The second-order valence-corrected chi connectivity index (χ2v) is 4.15. The zero-order chi connectivity index (χ0) is 11.1. The molecule has 3 nitrogen and oxygen atoms in total. The molecule has 0 aliphatic carbocycles. The van der Waals surface area contributed by atoms with E-state index in [0.29, 0.717) is 0 Å². The molecule has 1 rings (SSSR count). The van der Waals surface area contributed by atoms with Gasteiger partial charge in [0.2, 0.25) is 0 Å². The Balaban J connectivity index is 2.52. The molecule has 4 heteroatoms. The molecular weight excluding hydrogens is 256 g/mol. The molecule has 0 aromatic heterocycles. The van der Waals surface area contributed by atoms with Gasteiger partial charge in [0.25, 0.3) is 0 Å². The zero-order valence-corrected chi connectivity index (χ0v) is 10.7. The van der Waals surface area contributed by atoms with Crippen molar-refractivity contribution >= 4 is 15.9 Å². The van der Waals surface area contributed by atoms with Crippen molar-refractivity contribution in [2.24, 2.45) is 0 Å². The van der Waals surface area contributed by atoms with Crippen molar-refractivity contribution in [3.63, 3.8) is 0 Å². The lowest BCUT2D eigenvalue weighted by atomic mass is 10.2. The van der Waals surface area contributed by atoms with Gasteiger partial charge in [-0.3, -0.25) is 0 Å². The summed E-state index contributed by atoms with van der Waals surface area (Å²) in [6, 6.07) is 6.07. The predicted molar refractivity (Wildman–Crippen MR) is 66.3 cm³/mol. The minimum atomic E-state index is 0.831. The van der Waals surface area contributed by atoms with Gasteiger partial charge in [0, 0.05) is 29.7 Å². The molecule has 0 saturated carbocycles. The fourth-order valence-electron chi connectivity index (χ4n) is 1.30. The van der Waals surface area contributed by atoms with Crippen LogP contribution in [0.2, 0.25) is 0 Å². The molecule has 0 unspecified atom stereocenters. The molecule has 0 heterocycles. The fourth-order valence-corrected chi connectivity index (χ4v) is 1.64. The Morgan fingerprint density at radius 1 is 1.33 bits per heavy atom. The summed E-state index contributed by atoms with van der Waals surface area (Å²) >= 11 is 3.42. The van der Waals surface area contributed by atoms with Gasteiger partial charge in [-0.25, -0.2) is 0 Å². The SMILES string of the molecule is CNCCNCc1ccc(Br)cc1OC. The van der Waals surface area contributed by atoms with E-state index in [4.69, 9.17) is 4.74 Å². The van der Waals surface area contributed by atoms with Crippen molar-refractivity contribution in [3.8, 4) is 5.75 Å². The first-order valence-corrected chi connectivity index (χ1v) is 5.75. The number of nitrogens with one attached hydrogen (secondary N) is 2. The molecule has 0 aliphatic heterocycles. The second kappa shape index (κ2) is 6.82. The van der Waals surface area contributed by atoms with E-state index in [9.17, 15) is 0 Å². The van der Waals surface area contributed by atoms with Crippen LogP contribution < -0.4 is 15.4 Å². The van der Waals surface area contributed by atoms with E-state index in [1.165, 1.54) is 5.56 Å². The molecule has 0 atom stereocenters. The number of halogens is 1. The van der Waals surface area contributed by atoms with Crippen LogP contribution in [0.3, 0.4) is 0 Å². The third-order valence-electron chi connectivity index (χ3n) is 2.12. The first-order chi connectivity index (χ1) is 7.27. The Kier molecular flexibility index (Phi) is 5.68. The number of ether oxygens (including phenoxy) is 1. The van der Waals surface area contributed by atoms with E-state index in [0.717, 1.165) is 29.9 Å². The lowest BCUT2D eigenvalue weighted by Crippen LogP contribution is -2.24. The van der Waals surface area contributed by atoms with Gasteiger partial charge in [-0.2, -0.15) is 0 Å². The number of methoxy groups -OCH3 is 1. The maximum Gasteiger partial charge on any atom is 0.124 e. The number of benzene rings is 1. The lowest BCUT2D eigenvalue weighted by molar-refractivity contribution is 0.407. The number of rotatable bonds is 6. The third-order valence-corrected chi connectivity index (χ3v) is 2.61. The number of hydrogen-bond donors (Lipinski definition) is 2. The molecule has 84 valence electrons. The van der Waals surface area contributed by atoms with Gasteiger partial charge >= 0.3 is 0 Å². The van der Waals surface area contributed by atoms with Crippen LogP contribution in [0.15, 0.2) is 22.7 Å². The number of likely N-dealkylation sites (N-methyl/N-ethyl adjacent to an activating group) is 1. The highest BCUT2D eigenvalue weighted by Crippen LogP contribution is 2.23. The first kappa shape index (κ1) is 12.5. The summed E-state index contributed by atoms with van der Waals surface area (Å²) in [6.07, 6.45) is 0. The molecule has 2 N–H and O–H groups in total. The Hall–Kier alpha value is -0.580. The van der Waals surface area contributed by atoms with Gasteiger partial charge < -0.3 is 15.4 Å². The smallest absolute Gasteiger partial charge is 0.124 e. The maximum absolute atomic E-state index is 5.30. The second-order valence-electron chi connectivity index (χ2n) is 3.24. The highest BCUT2D eigenvalue weighted by Gasteiger charge is 2.02. The molecule has 0 amide bonds. The van der Waals surface area contributed by atoms with E-state index in [1.807, 2.05) is 19.2 Å². The molecule has 0 spiro atoms. The lowest BCUT2D eigenvalue weighted by Gasteiger charge is -2.09. The van der Waals surface area contributed by atoms with Crippen LogP contribution in [0.1, 0.15) is 5.56 Å². The van der Waals surface area contributed by atoms with Crippen molar-refractivity contribution in [1.29, 1.82) is 0 Å². The van der Waals surface area contributed by atoms with E-state index < -0.39 is 0 Å². The average molecular weight is 273 g/mol. The zero-order valence-electron chi connectivity index (χ0n) is 9.14. The van der Waals surface area contributed by atoms with Crippen molar-refractivity contribution in [2.75, 3.05) is 27.2 Å². The highest BCUT2D eigenvalue weighted by atomic mass is 79.9. The Morgan fingerprint density at radius 3 is 2.80 bits per heavy atom. The van der Waals surface area contributed by atoms with Gasteiger partial charge in [0.15, 0.2) is 0 Å². The van der Waals surface area contributed by atoms with Crippen LogP contribution in [0.25, 0.3) is 0 Å². The summed E-state index contributed by atoms with van der Waals surface area (Å²) in [6.45, 7) is 2.76. The van der Waals surface area contributed by atoms with Gasteiger partial charge in [-0.15, -0.1) is 0 Å². The van der Waals surface area contributed by atoms with Gasteiger partial charge in [-0.05, 0) is 19.2 Å². The fraction of sp³-hybridized carbons (Fsp3) is 0.455. The summed E-state index contributed by atoms with van der Waals surface area (Å²) in [7, 11) is 3.64. The van der Waals surface area contributed by atoms with E-state index in [-0.39, 0.29) is 0 Å². The summed E-state index contributed by atoms with van der Waals surface area (Å²) in [5.41, 5.74) is 1.18. The molecule has 1 aromatic carbocycles. The number of hydrogen-bond acceptors (Lipinski definition) is 3. The van der Waals surface area contributed by atoms with Gasteiger partial charge in [0.1, 0.15) is 5.75 Å². The molecule has 0 radical (unpaired) electrons. The van der Waals surface area contributed by atoms with Crippen molar-refractivity contribution in [2.45, 2.75) is 6.54 Å². The average Bonchev–Trinajstić information content (AvgIpc) is 2.26. The van der Waals surface area contributed by atoms with Crippen molar-refractivity contribution in [1.82, 2.24) is 10.6 Å². The molecule has 15 heavy (non-hydrogen) atoms. The maximum atomic E-state index is 5.30. The summed E-state index contributed by atoms with van der Waals surface area (Å²) in [5, 5.41) is 6.43. The quantitative estimate of drug-likeness (QED) is 0.775. The minimum Gasteiger partial charge on any atom is -0.496 e. The molecule has 0 fully saturated rings. The topological polar surface area (TPSA) is 33.3 Å². The summed E-state index contributed by atoms with van der Waals surface area (Å²) < 4.78 is 6.34. The van der Waals surface area contributed by atoms with Crippen LogP contribution >= 0.6 is 15.9 Å². The van der Waals surface area contributed by atoms with Crippen LogP contribution in [0, 0.1) is 0 Å². The Morgan fingerprint density at radius 2 is 2.13 bits per heavy atom. The molecule has 0 aliphatic rings.